The van der Waals surface area contributed by atoms with Gasteiger partial charge in [0.05, 0.1) is 12.3 Å². The molecule has 0 spiro atoms. The van der Waals surface area contributed by atoms with E-state index in [9.17, 15) is 0 Å². The number of thiophene rings is 1. The van der Waals surface area contributed by atoms with Gasteiger partial charge in [-0.25, -0.2) is 4.98 Å². The molecule has 0 amide bonds. The first kappa shape index (κ1) is 16.2. The van der Waals surface area contributed by atoms with E-state index in [0.717, 1.165) is 10.2 Å². The van der Waals surface area contributed by atoms with Crippen molar-refractivity contribution in [2.24, 2.45) is 5.92 Å². The van der Waals surface area contributed by atoms with Gasteiger partial charge in [-0.2, -0.15) is 0 Å². The quantitative estimate of drug-likeness (QED) is 0.483. The number of ether oxygens (including phenoxy) is 1. The Morgan fingerprint density at radius 2 is 2.33 bits per heavy atom. The van der Waals surface area contributed by atoms with Gasteiger partial charge in [-0.05, 0) is 46.1 Å². The molecule has 126 valence electrons. The third-order valence-corrected chi connectivity index (χ3v) is 6.00. The van der Waals surface area contributed by atoms with Crippen molar-refractivity contribution in [3.63, 3.8) is 0 Å². The molecule has 0 radical (unpaired) electrons. The van der Waals surface area contributed by atoms with Crippen LogP contribution in [0.2, 0.25) is 5.15 Å². The molecule has 24 heavy (non-hydrogen) atoms. The number of fused-ring (bicyclic) bond motifs is 1. The van der Waals surface area contributed by atoms with Gasteiger partial charge < -0.3 is 14.5 Å². The number of rotatable bonds is 6. The molecule has 3 heterocycles. The fourth-order valence-corrected chi connectivity index (χ4v) is 3.96. The molecule has 0 unspecified atom stereocenters. The Labute approximate surface area is 157 Å². The Morgan fingerprint density at radius 3 is 3.04 bits per heavy atom. The van der Waals surface area contributed by atoms with Crippen LogP contribution >= 0.6 is 38.9 Å². The molecule has 1 saturated carbocycles. The molecule has 4 rings (SSSR count). The number of nitrogens with zero attached hydrogens (tertiary/aromatic N) is 1. The van der Waals surface area contributed by atoms with Crippen LogP contribution in [0.4, 0.5) is 5.69 Å². The number of furan rings is 1. The lowest BCUT2D eigenvalue weighted by molar-refractivity contribution is 0.152. The summed E-state index contributed by atoms with van der Waals surface area (Å²) in [4.78, 5) is 5.61. The molecule has 1 fully saturated rings. The normalized spacial score (nSPS) is 14.8. The van der Waals surface area contributed by atoms with E-state index in [1.54, 1.807) is 17.4 Å². The van der Waals surface area contributed by atoms with Crippen molar-refractivity contribution in [2.45, 2.75) is 25.8 Å². The van der Waals surface area contributed by atoms with Crippen LogP contribution in [0.15, 0.2) is 32.5 Å². The third-order valence-electron chi connectivity index (χ3n) is 4.23. The van der Waals surface area contributed by atoms with Gasteiger partial charge in [0.25, 0.3) is 0 Å². The second kappa shape index (κ2) is 6.94. The van der Waals surface area contributed by atoms with Crippen LogP contribution in [0, 0.1) is 5.92 Å². The molecule has 3 aromatic heterocycles. The first-order valence-electron chi connectivity index (χ1n) is 7.88. The lowest BCUT2D eigenvalue weighted by Crippen LogP contribution is -2.19. The molecule has 1 aliphatic carbocycles. The number of pyridine rings is 1. The van der Waals surface area contributed by atoms with Crippen LogP contribution in [0.5, 0.6) is 5.95 Å². The average molecular weight is 428 g/mol. The van der Waals surface area contributed by atoms with Gasteiger partial charge >= 0.3 is 5.95 Å². The van der Waals surface area contributed by atoms with E-state index in [1.807, 2.05) is 6.07 Å². The van der Waals surface area contributed by atoms with E-state index >= 15 is 0 Å². The second-order valence-electron chi connectivity index (χ2n) is 5.91. The standard InChI is InChI=1S/C17H16BrClN2O2S/c18-14-15-16(23-17(14)22-9-10-3-1-4-10)12(7-13(19)21-15)20-8-11-5-2-6-24-11/h2,5-7,10H,1,3-4,8-9H2,(H,20,21). The first-order chi connectivity index (χ1) is 11.7. The molecule has 1 aliphatic rings. The van der Waals surface area contributed by atoms with Gasteiger partial charge in [-0.1, -0.05) is 24.1 Å². The highest BCUT2D eigenvalue weighted by Crippen LogP contribution is 2.40. The number of nitrogens with one attached hydrogen (secondary N) is 1. The smallest absolute Gasteiger partial charge is 0.302 e. The Balaban J connectivity index is 1.60. The SMILES string of the molecule is Clc1cc(NCc2cccs2)c2oc(OCC3CCC3)c(Br)c2n1. The molecule has 0 atom stereocenters. The van der Waals surface area contributed by atoms with E-state index in [-0.39, 0.29) is 0 Å². The summed E-state index contributed by atoms with van der Waals surface area (Å²) in [5, 5.41) is 5.85. The van der Waals surface area contributed by atoms with Crippen molar-refractivity contribution in [3.8, 4) is 5.95 Å². The van der Waals surface area contributed by atoms with E-state index in [2.05, 4.69) is 37.7 Å². The largest absolute Gasteiger partial charge is 0.464 e. The van der Waals surface area contributed by atoms with Crippen LogP contribution < -0.4 is 10.1 Å². The van der Waals surface area contributed by atoms with E-state index in [4.69, 9.17) is 20.8 Å². The maximum atomic E-state index is 6.17. The van der Waals surface area contributed by atoms with Crippen molar-refractivity contribution >= 4 is 55.7 Å². The molecule has 7 heteroatoms. The molecule has 0 aliphatic heterocycles. The molecule has 0 saturated heterocycles. The van der Waals surface area contributed by atoms with E-state index in [0.29, 0.717) is 41.3 Å². The summed E-state index contributed by atoms with van der Waals surface area (Å²) in [5.41, 5.74) is 2.16. The van der Waals surface area contributed by atoms with Gasteiger partial charge in [0.2, 0.25) is 0 Å². The molecule has 3 aromatic rings. The maximum Gasteiger partial charge on any atom is 0.302 e. The van der Waals surface area contributed by atoms with Gasteiger partial charge in [-0.15, -0.1) is 11.3 Å². The van der Waals surface area contributed by atoms with Crippen LogP contribution in [0.1, 0.15) is 24.1 Å². The maximum absolute atomic E-state index is 6.17. The predicted molar refractivity (Wildman–Crippen MR) is 101 cm³/mol. The van der Waals surface area contributed by atoms with E-state index in [1.165, 1.54) is 24.1 Å². The fraction of sp³-hybridized carbons (Fsp3) is 0.353. The molecule has 0 aromatic carbocycles. The molecular weight excluding hydrogens is 412 g/mol. The van der Waals surface area contributed by atoms with Gasteiger partial charge in [0.1, 0.15) is 15.1 Å². The van der Waals surface area contributed by atoms with Crippen LogP contribution in [-0.2, 0) is 6.54 Å². The average Bonchev–Trinajstić information content (AvgIpc) is 3.13. The lowest BCUT2D eigenvalue weighted by atomic mass is 9.86. The Bertz CT molecular complexity index is 846. The second-order valence-corrected chi connectivity index (χ2v) is 8.13. The zero-order valence-corrected chi connectivity index (χ0v) is 16.0. The Morgan fingerprint density at radius 1 is 1.46 bits per heavy atom. The number of halogens is 2. The topological polar surface area (TPSA) is 47.3 Å². The molecule has 0 bridgehead atoms. The highest BCUT2D eigenvalue weighted by atomic mass is 79.9. The van der Waals surface area contributed by atoms with E-state index < -0.39 is 0 Å². The highest BCUT2D eigenvalue weighted by Gasteiger charge is 2.22. The zero-order chi connectivity index (χ0) is 16.5. The van der Waals surface area contributed by atoms with Gasteiger partial charge in [0, 0.05) is 17.5 Å². The lowest BCUT2D eigenvalue weighted by Gasteiger charge is -2.24. The van der Waals surface area contributed by atoms with Crippen molar-refractivity contribution in [3.05, 3.63) is 38.1 Å². The third kappa shape index (κ3) is 3.27. The minimum Gasteiger partial charge on any atom is -0.464 e. The number of hydrogen-bond acceptors (Lipinski definition) is 5. The number of hydrogen-bond donors (Lipinski definition) is 1. The molecule has 4 nitrogen and oxygen atoms in total. The summed E-state index contributed by atoms with van der Waals surface area (Å²) < 4.78 is 12.5. The zero-order valence-electron chi connectivity index (χ0n) is 12.9. The summed E-state index contributed by atoms with van der Waals surface area (Å²) in [6, 6.07) is 5.90. The van der Waals surface area contributed by atoms with Crippen molar-refractivity contribution in [1.29, 1.82) is 0 Å². The fourth-order valence-electron chi connectivity index (χ4n) is 2.66. The number of anilines is 1. The van der Waals surface area contributed by atoms with Crippen LogP contribution in [-0.4, -0.2) is 11.6 Å². The minimum atomic E-state index is 0.420. The summed E-state index contributed by atoms with van der Waals surface area (Å²) in [5.74, 6) is 1.11. The van der Waals surface area contributed by atoms with Crippen LogP contribution in [0.25, 0.3) is 11.1 Å². The monoisotopic (exact) mass is 426 g/mol. The Kier molecular flexibility index (Phi) is 4.70. The predicted octanol–water partition coefficient (Wildman–Crippen LogP) is 6.10. The summed E-state index contributed by atoms with van der Waals surface area (Å²) in [7, 11) is 0. The van der Waals surface area contributed by atoms with Crippen LogP contribution in [0.3, 0.4) is 0 Å². The first-order valence-corrected chi connectivity index (χ1v) is 9.93. The minimum absolute atomic E-state index is 0.420. The molecule has 1 N–H and O–H groups in total. The van der Waals surface area contributed by atoms with Gasteiger partial charge in [-0.3, -0.25) is 0 Å². The van der Waals surface area contributed by atoms with Crippen molar-refractivity contribution in [1.82, 2.24) is 4.98 Å². The van der Waals surface area contributed by atoms with Gasteiger partial charge in [0.15, 0.2) is 5.58 Å². The summed E-state index contributed by atoms with van der Waals surface area (Å²) >= 11 is 11.4. The highest BCUT2D eigenvalue weighted by molar-refractivity contribution is 9.10. The van der Waals surface area contributed by atoms with Crippen molar-refractivity contribution in [2.75, 3.05) is 11.9 Å². The number of aromatic nitrogens is 1. The summed E-state index contributed by atoms with van der Waals surface area (Å²) in [6.07, 6.45) is 3.76. The van der Waals surface area contributed by atoms with Crippen molar-refractivity contribution < 1.29 is 9.15 Å². The molecular formula is C17H16BrClN2O2S. The Hall–Kier alpha value is -1.24. The summed E-state index contributed by atoms with van der Waals surface area (Å²) in [6.45, 7) is 1.40.